The topological polar surface area (TPSA) is 52.7 Å². The molecule has 2 aromatic carbocycles. The molecule has 130 valence electrons. The van der Waals surface area contributed by atoms with Crippen LogP contribution in [0.5, 0.6) is 0 Å². The lowest BCUT2D eigenvalue weighted by Gasteiger charge is -2.18. The molecule has 0 aromatic heterocycles. The van der Waals surface area contributed by atoms with Crippen molar-refractivity contribution in [2.24, 2.45) is 0 Å². The Bertz CT molecular complexity index is 811. The minimum absolute atomic E-state index is 0.159. The summed E-state index contributed by atoms with van der Waals surface area (Å²) in [5, 5.41) is 2.30. The number of nitrogens with zero attached hydrogens (tertiary/aromatic N) is 2. The van der Waals surface area contributed by atoms with Gasteiger partial charge >= 0.3 is 6.03 Å². The Balaban J connectivity index is 1.62. The van der Waals surface area contributed by atoms with Crippen LogP contribution < -0.4 is 10.2 Å². The van der Waals surface area contributed by atoms with Crippen LogP contribution in [-0.4, -0.2) is 36.5 Å². The van der Waals surface area contributed by atoms with Gasteiger partial charge in [0, 0.05) is 24.8 Å². The smallest absolute Gasteiger partial charge is 0.322 e. The first-order chi connectivity index (χ1) is 11.9. The van der Waals surface area contributed by atoms with Crippen molar-refractivity contribution in [1.29, 1.82) is 0 Å². The summed E-state index contributed by atoms with van der Waals surface area (Å²) in [5.74, 6) is -2.65. The van der Waals surface area contributed by atoms with Crippen LogP contribution in [0.25, 0.3) is 0 Å². The molecule has 0 atom stereocenters. The molecule has 8 heteroatoms. The summed E-state index contributed by atoms with van der Waals surface area (Å²) in [4.78, 5) is 27.1. The lowest BCUT2D eigenvalue weighted by molar-refractivity contribution is -0.116. The highest BCUT2D eigenvalue weighted by molar-refractivity contribution is 5.99. The predicted molar refractivity (Wildman–Crippen MR) is 85.7 cm³/mol. The number of carbonyl (C=O) groups is 2. The lowest BCUT2D eigenvalue weighted by atomic mass is 10.3. The molecule has 0 aliphatic carbocycles. The number of carbonyl (C=O) groups excluding carboxylic acids is 2. The second-order valence-corrected chi connectivity index (χ2v) is 5.50. The van der Waals surface area contributed by atoms with Gasteiger partial charge in [-0.05, 0) is 36.4 Å². The van der Waals surface area contributed by atoms with E-state index in [1.165, 1.54) is 34.1 Å². The third-order valence-electron chi connectivity index (χ3n) is 3.77. The average Bonchev–Trinajstić information content (AvgIpc) is 2.92. The molecular weight excluding hydrogens is 335 g/mol. The Labute approximate surface area is 141 Å². The number of nitrogens with one attached hydrogen (secondary N) is 1. The predicted octanol–water partition coefficient (Wildman–Crippen LogP) is 2.98. The molecular formula is C17H14F3N3O2. The molecule has 5 nitrogen and oxygen atoms in total. The van der Waals surface area contributed by atoms with Gasteiger partial charge in [-0.15, -0.1) is 0 Å². The molecule has 1 N–H and O–H groups in total. The maximum Gasteiger partial charge on any atom is 0.325 e. The summed E-state index contributed by atoms with van der Waals surface area (Å²) in [6.07, 6.45) is 0. The fourth-order valence-corrected chi connectivity index (χ4v) is 2.54. The molecule has 1 heterocycles. The normalized spacial score (nSPS) is 14.1. The van der Waals surface area contributed by atoms with E-state index in [0.717, 1.165) is 12.1 Å². The van der Waals surface area contributed by atoms with Crippen LogP contribution >= 0.6 is 0 Å². The van der Waals surface area contributed by atoms with Crippen LogP contribution in [0.1, 0.15) is 0 Å². The van der Waals surface area contributed by atoms with Crippen LogP contribution in [0.4, 0.5) is 29.3 Å². The summed E-state index contributed by atoms with van der Waals surface area (Å²) in [6.45, 7) is 0.380. The van der Waals surface area contributed by atoms with Crippen molar-refractivity contribution >= 4 is 23.3 Å². The van der Waals surface area contributed by atoms with Crippen LogP contribution in [0.2, 0.25) is 0 Å². The van der Waals surface area contributed by atoms with E-state index in [1.807, 2.05) is 0 Å². The molecule has 0 saturated carbocycles. The van der Waals surface area contributed by atoms with Crippen molar-refractivity contribution in [2.45, 2.75) is 0 Å². The molecule has 3 amide bonds. The molecule has 3 rings (SSSR count). The van der Waals surface area contributed by atoms with E-state index in [4.69, 9.17) is 0 Å². The number of amides is 3. The van der Waals surface area contributed by atoms with Crippen LogP contribution in [-0.2, 0) is 4.79 Å². The SMILES string of the molecule is O=C(CN1CCN(c2ccc(F)cc2)C1=O)Nc1ccc(F)cc1F. The Morgan fingerprint density at radius 3 is 2.36 bits per heavy atom. The van der Waals surface area contributed by atoms with E-state index in [0.29, 0.717) is 24.8 Å². The van der Waals surface area contributed by atoms with Gasteiger partial charge in [0.05, 0.1) is 5.69 Å². The summed E-state index contributed by atoms with van der Waals surface area (Å²) in [6, 6.07) is 7.84. The second-order valence-electron chi connectivity index (χ2n) is 5.50. The first kappa shape index (κ1) is 16.8. The summed E-state index contributed by atoms with van der Waals surface area (Å²) < 4.78 is 39.4. The van der Waals surface area contributed by atoms with Gasteiger partial charge in [-0.2, -0.15) is 0 Å². The Morgan fingerprint density at radius 1 is 1.00 bits per heavy atom. The Kier molecular flexibility index (Phi) is 4.60. The van der Waals surface area contributed by atoms with Gasteiger partial charge in [-0.25, -0.2) is 18.0 Å². The van der Waals surface area contributed by atoms with Gasteiger partial charge in [-0.1, -0.05) is 0 Å². The molecule has 0 bridgehead atoms. The van der Waals surface area contributed by atoms with Gasteiger partial charge < -0.3 is 10.2 Å². The molecule has 1 saturated heterocycles. The Morgan fingerprint density at radius 2 is 1.68 bits per heavy atom. The van der Waals surface area contributed by atoms with Crippen molar-refractivity contribution in [3.05, 3.63) is 59.9 Å². The maximum atomic E-state index is 13.5. The van der Waals surface area contributed by atoms with E-state index in [2.05, 4.69) is 5.32 Å². The molecule has 25 heavy (non-hydrogen) atoms. The quantitative estimate of drug-likeness (QED) is 0.923. The number of anilines is 2. The van der Waals surface area contributed by atoms with Crippen molar-refractivity contribution < 1.29 is 22.8 Å². The van der Waals surface area contributed by atoms with Gasteiger partial charge in [0.2, 0.25) is 5.91 Å². The van der Waals surface area contributed by atoms with Crippen LogP contribution in [0.3, 0.4) is 0 Å². The number of halogens is 3. The van der Waals surface area contributed by atoms with Gasteiger partial charge in [-0.3, -0.25) is 9.69 Å². The van der Waals surface area contributed by atoms with Crippen molar-refractivity contribution in [2.75, 3.05) is 29.9 Å². The first-order valence-corrected chi connectivity index (χ1v) is 7.51. The van der Waals surface area contributed by atoms with Gasteiger partial charge in [0.1, 0.15) is 24.0 Å². The number of rotatable bonds is 4. The average molecular weight is 349 g/mol. The monoisotopic (exact) mass is 349 g/mol. The van der Waals surface area contributed by atoms with E-state index in [9.17, 15) is 22.8 Å². The number of hydrogen-bond acceptors (Lipinski definition) is 2. The molecule has 1 aliphatic rings. The highest BCUT2D eigenvalue weighted by Crippen LogP contribution is 2.21. The minimum Gasteiger partial charge on any atom is -0.322 e. The standard InChI is InChI=1S/C17H14F3N3O2/c18-11-1-4-13(5-2-11)23-8-7-22(17(23)25)10-16(24)21-15-6-3-12(19)9-14(15)20/h1-6,9H,7-8,10H2,(H,21,24). The summed E-state index contributed by atoms with van der Waals surface area (Å²) >= 11 is 0. The third-order valence-corrected chi connectivity index (χ3v) is 3.77. The minimum atomic E-state index is -0.894. The molecule has 1 fully saturated rings. The number of hydrogen-bond donors (Lipinski definition) is 1. The van der Waals surface area contributed by atoms with E-state index in [-0.39, 0.29) is 12.2 Å². The third kappa shape index (κ3) is 3.73. The first-order valence-electron chi connectivity index (χ1n) is 7.51. The number of urea groups is 1. The van der Waals surface area contributed by atoms with Gasteiger partial charge in [0.25, 0.3) is 0 Å². The maximum absolute atomic E-state index is 13.5. The Hall–Kier alpha value is -3.03. The zero-order valence-corrected chi connectivity index (χ0v) is 13.0. The zero-order valence-electron chi connectivity index (χ0n) is 13.0. The fraction of sp³-hybridized carbons (Fsp3) is 0.176. The van der Waals surface area contributed by atoms with Gasteiger partial charge in [0.15, 0.2) is 0 Å². The van der Waals surface area contributed by atoms with Crippen LogP contribution in [0.15, 0.2) is 42.5 Å². The van der Waals surface area contributed by atoms with E-state index < -0.39 is 29.4 Å². The van der Waals surface area contributed by atoms with Crippen molar-refractivity contribution in [3.8, 4) is 0 Å². The largest absolute Gasteiger partial charge is 0.325 e. The summed E-state index contributed by atoms with van der Waals surface area (Å²) in [7, 11) is 0. The molecule has 1 aliphatic heterocycles. The molecule has 2 aromatic rings. The zero-order chi connectivity index (χ0) is 18.0. The number of benzene rings is 2. The highest BCUT2D eigenvalue weighted by Gasteiger charge is 2.30. The van der Waals surface area contributed by atoms with Crippen molar-refractivity contribution in [3.63, 3.8) is 0 Å². The molecule has 0 unspecified atom stereocenters. The van der Waals surface area contributed by atoms with E-state index >= 15 is 0 Å². The lowest BCUT2D eigenvalue weighted by Crippen LogP contribution is -2.37. The van der Waals surface area contributed by atoms with Crippen LogP contribution in [0, 0.1) is 17.5 Å². The second kappa shape index (κ2) is 6.84. The summed E-state index contributed by atoms with van der Waals surface area (Å²) in [5.41, 5.74) is 0.368. The van der Waals surface area contributed by atoms with Crippen molar-refractivity contribution in [1.82, 2.24) is 4.90 Å². The highest BCUT2D eigenvalue weighted by atomic mass is 19.1. The fourth-order valence-electron chi connectivity index (χ4n) is 2.54. The van der Waals surface area contributed by atoms with E-state index in [1.54, 1.807) is 0 Å². The molecule has 0 radical (unpaired) electrons. The molecule has 0 spiro atoms.